The van der Waals surface area contributed by atoms with E-state index in [1.54, 1.807) is 30.3 Å². The number of ether oxygens (including phenoxy) is 2. The number of rotatable bonds is 7. The van der Waals surface area contributed by atoms with E-state index in [0.29, 0.717) is 30.4 Å². The first-order chi connectivity index (χ1) is 12.9. The average Bonchev–Trinajstić information content (AvgIpc) is 2.63. The number of sulfonamides is 1. The van der Waals surface area contributed by atoms with Crippen LogP contribution in [-0.4, -0.2) is 34.1 Å². The Bertz CT molecular complexity index is 927. The molecule has 0 atom stereocenters. The molecule has 0 saturated heterocycles. The number of aryl methyl sites for hydroxylation is 1. The summed E-state index contributed by atoms with van der Waals surface area (Å²) in [6, 6.07) is 12.5. The molecule has 1 amide bonds. The summed E-state index contributed by atoms with van der Waals surface area (Å²) in [6.45, 7) is 2.87. The van der Waals surface area contributed by atoms with E-state index in [9.17, 15) is 13.2 Å². The van der Waals surface area contributed by atoms with Crippen LogP contribution in [0.3, 0.4) is 0 Å². The van der Waals surface area contributed by atoms with E-state index < -0.39 is 10.0 Å². The third kappa shape index (κ3) is 5.45. The number of anilines is 1. The van der Waals surface area contributed by atoms with Crippen LogP contribution in [0.5, 0.6) is 11.5 Å². The van der Waals surface area contributed by atoms with E-state index in [4.69, 9.17) is 9.47 Å². The Hall–Kier alpha value is -2.58. The fourth-order valence-electron chi connectivity index (χ4n) is 2.69. The van der Waals surface area contributed by atoms with E-state index in [1.807, 2.05) is 19.1 Å². The first-order valence-electron chi connectivity index (χ1n) is 8.64. The topological polar surface area (TPSA) is 93.7 Å². The molecule has 2 aromatic rings. The molecule has 27 heavy (non-hydrogen) atoms. The molecule has 0 aromatic heterocycles. The average molecular weight is 390 g/mol. The van der Waals surface area contributed by atoms with Gasteiger partial charge >= 0.3 is 0 Å². The van der Waals surface area contributed by atoms with Gasteiger partial charge in [0.15, 0.2) is 11.5 Å². The molecule has 1 aliphatic rings. The summed E-state index contributed by atoms with van der Waals surface area (Å²) in [5.74, 6) is 0.829. The van der Waals surface area contributed by atoms with Gasteiger partial charge in [-0.15, -0.1) is 0 Å². The maximum Gasteiger partial charge on any atom is 0.225 e. The van der Waals surface area contributed by atoms with Crippen LogP contribution in [0, 0.1) is 6.92 Å². The quantitative estimate of drug-likeness (QED) is 0.756. The molecule has 8 heteroatoms. The lowest BCUT2D eigenvalue weighted by atomic mass is 10.1. The van der Waals surface area contributed by atoms with E-state index in [0.717, 1.165) is 11.1 Å². The van der Waals surface area contributed by atoms with Gasteiger partial charge in [-0.3, -0.25) is 4.79 Å². The number of nitrogens with one attached hydrogen (secondary N) is 2. The van der Waals surface area contributed by atoms with Crippen LogP contribution in [0.1, 0.15) is 17.5 Å². The Morgan fingerprint density at radius 2 is 1.81 bits per heavy atom. The molecule has 0 fully saturated rings. The van der Waals surface area contributed by atoms with Crippen LogP contribution in [-0.2, 0) is 20.6 Å². The monoisotopic (exact) mass is 390 g/mol. The van der Waals surface area contributed by atoms with Gasteiger partial charge < -0.3 is 14.8 Å². The summed E-state index contributed by atoms with van der Waals surface area (Å²) >= 11 is 0. The highest BCUT2D eigenvalue weighted by molar-refractivity contribution is 7.88. The maximum absolute atomic E-state index is 12.2. The summed E-state index contributed by atoms with van der Waals surface area (Å²) in [4.78, 5) is 12.1. The van der Waals surface area contributed by atoms with E-state index in [2.05, 4.69) is 10.0 Å². The van der Waals surface area contributed by atoms with Crippen molar-refractivity contribution in [3.05, 3.63) is 53.6 Å². The maximum atomic E-state index is 12.2. The van der Waals surface area contributed by atoms with Crippen molar-refractivity contribution in [3.8, 4) is 11.5 Å². The van der Waals surface area contributed by atoms with Crippen molar-refractivity contribution in [1.82, 2.24) is 4.72 Å². The van der Waals surface area contributed by atoms with Crippen LogP contribution in [0.25, 0.3) is 0 Å². The lowest BCUT2D eigenvalue weighted by molar-refractivity contribution is -0.116. The molecule has 0 aliphatic carbocycles. The third-order valence-electron chi connectivity index (χ3n) is 4.11. The molecule has 0 saturated carbocycles. The van der Waals surface area contributed by atoms with Gasteiger partial charge in [0.25, 0.3) is 0 Å². The molecule has 2 N–H and O–H groups in total. The second-order valence-electron chi connectivity index (χ2n) is 6.24. The number of hydrogen-bond acceptors (Lipinski definition) is 5. The van der Waals surface area contributed by atoms with Gasteiger partial charge in [0, 0.05) is 24.7 Å². The lowest BCUT2D eigenvalue weighted by Gasteiger charge is -2.19. The molecule has 0 spiro atoms. The van der Waals surface area contributed by atoms with Crippen molar-refractivity contribution in [1.29, 1.82) is 0 Å². The zero-order chi connectivity index (χ0) is 19.3. The molecule has 1 aliphatic heterocycles. The molecule has 144 valence electrons. The molecular formula is C19H22N2O5S. The second kappa shape index (κ2) is 8.41. The zero-order valence-corrected chi connectivity index (χ0v) is 15.8. The predicted octanol–water partition coefficient (Wildman–Crippen LogP) is 2.21. The van der Waals surface area contributed by atoms with Gasteiger partial charge in [-0.05, 0) is 30.2 Å². The first-order valence-corrected chi connectivity index (χ1v) is 10.3. The zero-order valence-electron chi connectivity index (χ0n) is 15.0. The Morgan fingerprint density at radius 1 is 1.07 bits per heavy atom. The number of carbonyl (C=O) groups excluding carboxylic acids is 1. The van der Waals surface area contributed by atoms with Crippen molar-refractivity contribution in [3.63, 3.8) is 0 Å². The molecule has 1 heterocycles. The highest BCUT2D eigenvalue weighted by Gasteiger charge is 2.15. The van der Waals surface area contributed by atoms with Crippen molar-refractivity contribution >= 4 is 21.6 Å². The summed E-state index contributed by atoms with van der Waals surface area (Å²) in [7, 11) is -3.50. The molecule has 0 radical (unpaired) electrons. The van der Waals surface area contributed by atoms with Crippen molar-refractivity contribution in [2.24, 2.45) is 0 Å². The van der Waals surface area contributed by atoms with Gasteiger partial charge in [0.2, 0.25) is 15.9 Å². The van der Waals surface area contributed by atoms with Crippen LogP contribution < -0.4 is 19.5 Å². The predicted molar refractivity (Wildman–Crippen MR) is 102 cm³/mol. The Morgan fingerprint density at radius 3 is 2.59 bits per heavy atom. The van der Waals surface area contributed by atoms with Crippen LogP contribution in [0.4, 0.5) is 5.69 Å². The summed E-state index contributed by atoms with van der Waals surface area (Å²) in [5.41, 5.74) is 2.23. The SMILES string of the molecule is Cc1ccccc1CS(=O)(=O)NCCC(=O)Nc1ccc2c(c1)OCCO2. The van der Waals surface area contributed by atoms with Gasteiger partial charge in [-0.1, -0.05) is 24.3 Å². The largest absolute Gasteiger partial charge is 0.486 e. The van der Waals surface area contributed by atoms with Crippen molar-refractivity contribution in [2.45, 2.75) is 19.1 Å². The highest BCUT2D eigenvalue weighted by atomic mass is 32.2. The van der Waals surface area contributed by atoms with Gasteiger partial charge in [0.1, 0.15) is 13.2 Å². The highest BCUT2D eigenvalue weighted by Crippen LogP contribution is 2.32. The minimum Gasteiger partial charge on any atom is -0.486 e. The molecular weight excluding hydrogens is 368 g/mol. The van der Waals surface area contributed by atoms with E-state index >= 15 is 0 Å². The minimum atomic E-state index is -3.50. The smallest absolute Gasteiger partial charge is 0.225 e. The molecule has 7 nitrogen and oxygen atoms in total. The Labute approximate surface area is 158 Å². The third-order valence-corrected chi connectivity index (χ3v) is 5.44. The van der Waals surface area contributed by atoms with Crippen molar-refractivity contribution in [2.75, 3.05) is 25.1 Å². The van der Waals surface area contributed by atoms with Gasteiger partial charge in [-0.2, -0.15) is 0 Å². The minimum absolute atomic E-state index is 0.0292. The number of amides is 1. The van der Waals surface area contributed by atoms with Crippen LogP contribution in [0.15, 0.2) is 42.5 Å². The molecule has 0 bridgehead atoms. The summed E-state index contributed by atoms with van der Waals surface area (Å²) in [5, 5.41) is 2.73. The number of benzene rings is 2. The molecule has 0 unspecified atom stereocenters. The first kappa shape index (κ1) is 19.2. The number of carbonyl (C=O) groups is 1. The molecule has 2 aromatic carbocycles. The van der Waals surface area contributed by atoms with Crippen LogP contribution >= 0.6 is 0 Å². The Balaban J connectivity index is 1.48. The number of fused-ring (bicyclic) bond motifs is 1. The normalized spacial score (nSPS) is 13.2. The van der Waals surface area contributed by atoms with Gasteiger partial charge in [0.05, 0.1) is 5.75 Å². The fourth-order valence-corrected chi connectivity index (χ4v) is 3.94. The summed E-state index contributed by atoms with van der Waals surface area (Å²) < 4.78 is 37.7. The Kier molecular flexibility index (Phi) is 5.98. The van der Waals surface area contributed by atoms with Gasteiger partial charge in [-0.25, -0.2) is 13.1 Å². The van der Waals surface area contributed by atoms with Crippen molar-refractivity contribution < 1.29 is 22.7 Å². The molecule has 3 rings (SSSR count). The standard InChI is InChI=1S/C19H22N2O5S/c1-14-4-2-3-5-15(14)13-27(23,24)20-9-8-19(22)21-16-6-7-17-18(12-16)26-11-10-25-17/h2-7,12,20H,8-11,13H2,1H3,(H,21,22). The fraction of sp³-hybridized carbons (Fsp3) is 0.316. The lowest BCUT2D eigenvalue weighted by Crippen LogP contribution is -2.29. The van der Waals surface area contributed by atoms with Crippen LogP contribution in [0.2, 0.25) is 0 Å². The summed E-state index contributed by atoms with van der Waals surface area (Å²) in [6.07, 6.45) is 0.0292. The van der Waals surface area contributed by atoms with E-state index in [1.165, 1.54) is 0 Å². The van der Waals surface area contributed by atoms with E-state index in [-0.39, 0.29) is 24.6 Å². The number of hydrogen-bond donors (Lipinski definition) is 2. The second-order valence-corrected chi connectivity index (χ2v) is 8.04.